The Kier molecular flexibility index (Phi) is 2.25. The molecule has 0 aromatic heterocycles. The molecule has 0 amide bonds. The molecule has 17 heavy (non-hydrogen) atoms. The summed E-state index contributed by atoms with van der Waals surface area (Å²) in [5.74, 6) is 1.79. The normalized spacial score (nSPS) is 30.2. The summed E-state index contributed by atoms with van der Waals surface area (Å²) in [4.78, 5) is 0. The van der Waals surface area contributed by atoms with Gasteiger partial charge in [-0.2, -0.15) is 5.26 Å². The van der Waals surface area contributed by atoms with Gasteiger partial charge in [0.2, 0.25) is 0 Å². The van der Waals surface area contributed by atoms with Crippen LogP contribution >= 0.6 is 0 Å². The minimum atomic E-state index is 0.0133. The Morgan fingerprint density at radius 3 is 2.76 bits per heavy atom. The predicted octanol–water partition coefficient (Wildman–Crippen LogP) is 2.65. The minimum Gasteiger partial charge on any atom is -0.490 e. The van der Waals surface area contributed by atoms with Gasteiger partial charge in [0.25, 0.3) is 0 Å². The van der Waals surface area contributed by atoms with Crippen molar-refractivity contribution in [1.29, 1.82) is 5.26 Å². The molecular formula is C14H15NO2. The lowest BCUT2D eigenvalue weighted by atomic mass is 9.95. The highest BCUT2D eigenvalue weighted by atomic mass is 16.5. The van der Waals surface area contributed by atoms with Crippen molar-refractivity contribution in [3.8, 4) is 17.6 Å². The second kappa shape index (κ2) is 3.66. The number of ether oxygens (including phenoxy) is 2. The monoisotopic (exact) mass is 229 g/mol. The molecule has 0 N–H and O–H groups in total. The zero-order valence-corrected chi connectivity index (χ0v) is 9.90. The fourth-order valence-corrected chi connectivity index (χ4v) is 2.39. The van der Waals surface area contributed by atoms with E-state index in [1.165, 1.54) is 5.56 Å². The first-order valence-electron chi connectivity index (χ1n) is 6.04. The van der Waals surface area contributed by atoms with Crippen LogP contribution in [-0.4, -0.2) is 13.2 Å². The molecule has 1 aromatic carbocycles. The number of fused-ring (bicyclic) bond motifs is 1. The van der Waals surface area contributed by atoms with Crippen LogP contribution in [0.1, 0.15) is 25.3 Å². The molecule has 0 saturated heterocycles. The highest BCUT2D eigenvalue weighted by molar-refractivity contribution is 5.48. The smallest absolute Gasteiger partial charge is 0.161 e. The lowest BCUT2D eigenvalue weighted by Crippen LogP contribution is -2.04. The standard InChI is InChI=1S/C14H15NO2/c1-14(8-11(14)9-15)10-3-4-12-13(7-10)17-6-2-5-16-12/h3-4,7,11H,2,5-6,8H2,1H3. The fourth-order valence-electron chi connectivity index (χ4n) is 2.39. The summed E-state index contributed by atoms with van der Waals surface area (Å²) >= 11 is 0. The molecule has 1 aliphatic heterocycles. The molecule has 1 fully saturated rings. The van der Waals surface area contributed by atoms with E-state index in [9.17, 15) is 0 Å². The Balaban J connectivity index is 1.94. The van der Waals surface area contributed by atoms with Crippen molar-refractivity contribution in [1.82, 2.24) is 0 Å². The first kappa shape index (κ1) is 10.5. The largest absolute Gasteiger partial charge is 0.490 e. The maximum absolute atomic E-state index is 8.98. The van der Waals surface area contributed by atoms with E-state index in [-0.39, 0.29) is 11.3 Å². The first-order chi connectivity index (χ1) is 8.24. The van der Waals surface area contributed by atoms with Gasteiger partial charge < -0.3 is 9.47 Å². The second-order valence-electron chi connectivity index (χ2n) is 5.02. The number of rotatable bonds is 1. The topological polar surface area (TPSA) is 42.2 Å². The molecule has 1 aromatic rings. The third-order valence-electron chi connectivity index (χ3n) is 3.80. The van der Waals surface area contributed by atoms with Crippen LogP contribution in [0, 0.1) is 17.2 Å². The molecule has 2 aliphatic rings. The highest BCUT2D eigenvalue weighted by Gasteiger charge is 2.52. The van der Waals surface area contributed by atoms with Crippen molar-refractivity contribution >= 4 is 0 Å². The molecule has 2 unspecified atom stereocenters. The van der Waals surface area contributed by atoms with Crippen LogP contribution in [-0.2, 0) is 5.41 Å². The minimum absolute atomic E-state index is 0.0133. The van der Waals surface area contributed by atoms with E-state index in [0.717, 1.165) is 24.3 Å². The zero-order valence-electron chi connectivity index (χ0n) is 9.90. The van der Waals surface area contributed by atoms with E-state index in [1.807, 2.05) is 12.1 Å². The summed E-state index contributed by atoms with van der Waals surface area (Å²) in [5, 5.41) is 8.98. The molecule has 2 atom stereocenters. The molecule has 3 heteroatoms. The summed E-state index contributed by atoms with van der Waals surface area (Å²) in [6, 6.07) is 8.41. The average Bonchev–Trinajstić information content (AvgIpc) is 3.07. The van der Waals surface area contributed by atoms with Gasteiger partial charge in [-0.05, 0) is 24.1 Å². The van der Waals surface area contributed by atoms with E-state index in [1.54, 1.807) is 0 Å². The third-order valence-corrected chi connectivity index (χ3v) is 3.80. The highest BCUT2D eigenvalue weighted by Crippen LogP contribution is 2.54. The first-order valence-corrected chi connectivity index (χ1v) is 6.04. The molecule has 0 radical (unpaired) electrons. The van der Waals surface area contributed by atoms with Gasteiger partial charge in [-0.3, -0.25) is 0 Å². The van der Waals surface area contributed by atoms with Crippen molar-refractivity contribution < 1.29 is 9.47 Å². The molecule has 3 rings (SSSR count). The van der Waals surface area contributed by atoms with Gasteiger partial charge in [0.05, 0.1) is 25.2 Å². The van der Waals surface area contributed by atoms with Gasteiger partial charge in [-0.1, -0.05) is 13.0 Å². The molecular weight excluding hydrogens is 214 g/mol. The van der Waals surface area contributed by atoms with Crippen molar-refractivity contribution in [2.24, 2.45) is 5.92 Å². The summed E-state index contributed by atoms with van der Waals surface area (Å²) in [6.45, 7) is 3.56. The summed E-state index contributed by atoms with van der Waals surface area (Å²) in [7, 11) is 0. The van der Waals surface area contributed by atoms with Gasteiger partial charge in [0, 0.05) is 11.8 Å². The quantitative estimate of drug-likeness (QED) is 0.743. The number of hydrogen-bond acceptors (Lipinski definition) is 3. The van der Waals surface area contributed by atoms with Gasteiger partial charge >= 0.3 is 0 Å². The number of hydrogen-bond donors (Lipinski definition) is 0. The summed E-state index contributed by atoms with van der Waals surface area (Å²) in [6.07, 6.45) is 1.87. The second-order valence-corrected chi connectivity index (χ2v) is 5.02. The van der Waals surface area contributed by atoms with Crippen LogP contribution in [0.4, 0.5) is 0 Å². The lowest BCUT2D eigenvalue weighted by Gasteiger charge is -2.13. The average molecular weight is 229 g/mol. The molecule has 88 valence electrons. The van der Waals surface area contributed by atoms with Crippen LogP contribution < -0.4 is 9.47 Å². The molecule has 3 nitrogen and oxygen atoms in total. The maximum Gasteiger partial charge on any atom is 0.161 e. The SMILES string of the molecule is CC1(c2ccc3c(c2)OCCCO3)CC1C#N. The summed E-state index contributed by atoms with van der Waals surface area (Å²) < 4.78 is 11.3. The van der Waals surface area contributed by atoms with Crippen LogP contribution in [0.2, 0.25) is 0 Å². The number of benzene rings is 1. The fraction of sp³-hybridized carbons (Fsp3) is 0.500. The maximum atomic E-state index is 8.98. The predicted molar refractivity (Wildman–Crippen MR) is 63.1 cm³/mol. The lowest BCUT2D eigenvalue weighted by molar-refractivity contribution is 0.297. The Bertz CT molecular complexity index is 491. The van der Waals surface area contributed by atoms with Crippen molar-refractivity contribution in [2.75, 3.05) is 13.2 Å². The Morgan fingerprint density at radius 2 is 2.06 bits per heavy atom. The number of nitriles is 1. The molecule has 1 heterocycles. The van der Waals surface area contributed by atoms with Crippen LogP contribution in [0.3, 0.4) is 0 Å². The van der Waals surface area contributed by atoms with E-state index in [0.29, 0.717) is 13.2 Å². The molecule has 1 saturated carbocycles. The van der Waals surface area contributed by atoms with Crippen molar-refractivity contribution in [3.05, 3.63) is 23.8 Å². The zero-order chi connectivity index (χ0) is 11.9. The van der Waals surface area contributed by atoms with Crippen molar-refractivity contribution in [2.45, 2.75) is 25.2 Å². The van der Waals surface area contributed by atoms with Crippen molar-refractivity contribution in [3.63, 3.8) is 0 Å². The van der Waals surface area contributed by atoms with E-state index < -0.39 is 0 Å². The third kappa shape index (κ3) is 1.64. The molecule has 1 aliphatic carbocycles. The Labute approximate surface area is 101 Å². The van der Waals surface area contributed by atoms with Crippen LogP contribution in [0.15, 0.2) is 18.2 Å². The van der Waals surface area contributed by atoms with E-state index in [4.69, 9.17) is 14.7 Å². The van der Waals surface area contributed by atoms with Gasteiger partial charge in [0.15, 0.2) is 11.5 Å². The van der Waals surface area contributed by atoms with Gasteiger partial charge in [-0.25, -0.2) is 0 Å². The van der Waals surface area contributed by atoms with Crippen LogP contribution in [0.25, 0.3) is 0 Å². The van der Waals surface area contributed by atoms with Gasteiger partial charge in [0.1, 0.15) is 0 Å². The Hall–Kier alpha value is -1.69. The Morgan fingerprint density at radius 1 is 1.29 bits per heavy atom. The molecule has 0 bridgehead atoms. The van der Waals surface area contributed by atoms with E-state index >= 15 is 0 Å². The summed E-state index contributed by atoms with van der Waals surface area (Å²) in [5.41, 5.74) is 1.20. The van der Waals surface area contributed by atoms with Gasteiger partial charge in [-0.15, -0.1) is 0 Å². The number of nitrogens with zero attached hydrogens (tertiary/aromatic N) is 1. The van der Waals surface area contributed by atoms with Crippen LogP contribution in [0.5, 0.6) is 11.5 Å². The van der Waals surface area contributed by atoms with E-state index in [2.05, 4.69) is 19.1 Å². The molecule has 0 spiro atoms.